The minimum Gasteiger partial charge on any atom is -0.481 e. The maximum absolute atomic E-state index is 11.8. The Kier molecular flexibility index (Phi) is 5.89. The zero-order valence-electron chi connectivity index (χ0n) is 11.5. The average Bonchev–Trinajstić information content (AvgIpc) is 2.39. The SMILES string of the molecule is CC(CCCC(C)C(=O)O)NC(=O)c1ccc(=O)[nH]n1. The molecule has 110 valence electrons. The summed E-state index contributed by atoms with van der Waals surface area (Å²) in [6.45, 7) is 3.50. The van der Waals surface area contributed by atoms with Crippen molar-refractivity contribution in [2.24, 2.45) is 5.92 Å². The highest BCUT2D eigenvalue weighted by Gasteiger charge is 2.13. The van der Waals surface area contributed by atoms with Gasteiger partial charge in [0.25, 0.3) is 11.5 Å². The second kappa shape index (κ2) is 7.42. The summed E-state index contributed by atoms with van der Waals surface area (Å²) in [7, 11) is 0. The predicted molar refractivity (Wildman–Crippen MR) is 72.4 cm³/mol. The number of hydrogen-bond donors (Lipinski definition) is 3. The molecule has 1 heterocycles. The first kappa shape index (κ1) is 15.9. The number of H-pyrrole nitrogens is 1. The molecule has 7 nitrogen and oxygen atoms in total. The number of carbonyl (C=O) groups excluding carboxylic acids is 1. The van der Waals surface area contributed by atoms with Gasteiger partial charge < -0.3 is 10.4 Å². The van der Waals surface area contributed by atoms with E-state index in [1.165, 1.54) is 12.1 Å². The van der Waals surface area contributed by atoms with E-state index < -0.39 is 5.97 Å². The molecule has 0 fully saturated rings. The number of nitrogens with one attached hydrogen (secondary N) is 2. The molecular weight excluding hydrogens is 262 g/mol. The summed E-state index contributed by atoms with van der Waals surface area (Å²) in [6, 6.07) is 2.51. The molecule has 0 saturated heterocycles. The molecule has 1 aromatic rings. The maximum atomic E-state index is 11.8. The molecule has 1 amide bonds. The molecule has 0 bridgehead atoms. The number of amides is 1. The summed E-state index contributed by atoms with van der Waals surface area (Å²) >= 11 is 0. The highest BCUT2D eigenvalue weighted by atomic mass is 16.4. The number of nitrogens with zero attached hydrogens (tertiary/aromatic N) is 1. The van der Waals surface area contributed by atoms with Crippen molar-refractivity contribution in [1.82, 2.24) is 15.5 Å². The van der Waals surface area contributed by atoms with Gasteiger partial charge in [-0.15, -0.1) is 0 Å². The van der Waals surface area contributed by atoms with Crippen molar-refractivity contribution in [2.75, 3.05) is 0 Å². The summed E-state index contributed by atoms with van der Waals surface area (Å²) in [5.74, 6) is -1.54. The van der Waals surface area contributed by atoms with Gasteiger partial charge in [-0.1, -0.05) is 13.3 Å². The lowest BCUT2D eigenvalue weighted by Gasteiger charge is -2.14. The van der Waals surface area contributed by atoms with E-state index >= 15 is 0 Å². The Morgan fingerprint density at radius 3 is 2.60 bits per heavy atom. The van der Waals surface area contributed by atoms with Crippen LogP contribution in [0, 0.1) is 5.92 Å². The van der Waals surface area contributed by atoms with E-state index in [-0.39, 0.29) is 29.1 Å². The van der Waals surface area contributed by atoms with E-state index in [0.29, 0.717) is 19.3 Å². The minimum absolute atomic E-state index is 0.0859. The topological polar surface area (TPSA) is 112 Å². The molecule has 0 aliphatic carbocycles. The van der Waals surface area contributed by atoms with Crippen molar-refractivity contribution >= 4 is 11.9 Å². The van der Waals surface area contributed by atoms with E-state index in [0.717, 1.165) is 0 Å². The zero-order chi connectivity index (χ0) is 15.1. The first-order valence-corrected chi connectivity index (χ1v) is 6.49. The van der Waals surface area contributed by atoms with Crippen LogP contribution in [0.2, 0.25) is 0 Å². The molecule has 1 rings (SSSR count). The molecule has 0 aromatic carbocycles. The fourth-order valence-electron chi connectivity index (χ4n) is 1.69. The van der Waals surface area contributed by atoms with Gasteiger partial charge in [0.2, 0.25) is 0 Å². The van der Waals surface area contributed by atoms with Crippen LogP contribution in [0.3, 0.4) is 0 Å². The molecular formula is C13H19N3O4. The molecule has 2 atom stereocenters. The van der Waals surface area contributed by atoms with Crippen LogP contribution in [-0.2, 0) is 4.79 Å². The average molecular weight is 281 g/mol. The number of aromatic amines is 1. The molecule has 0 radical (unpaired) electrons. The standard InChI is InChI=1S/C13H19N3O4/c1-8(13(19)20)4-3-5-9(2)14-12(18)10-6-7-11(17)16-15-10/h6-9H,3-5H2,1-2H3,(H,14,18)(H,16,17)(H,19,20). The summed E-state index contributed by atoms with van der Waals surface area (Å²) in [6.07, 6.45) is 1.98. The van der Waals surface area contributed by atoms with Gasteiger partial charge in [0.15, 0.2) is 0 Å². The van der Waals surface area contributed by atoms with Gasteiger partial charge in [-0.25, -0.2) is 5.10 Å². The minimum atomic E-state index is -0.806. The third-order valence-electron chi connectivity index (χ3n) is 2.99. The lowest BCUT2D eigenvalue weighted by molar-refractivity contribution is -0.141. The third kappa shape index (κ3) is 5.21. The van der Waals surface area contributed by atoms with Gasteiger partial charge in [0.1, 0.15) is 5.69 Å². The van der Waals surface area contributed by atoms with Gasteiger partial charge in [-0.3, -0.25) is 14.4 Å². The fourth-order valence-corrected chi connectivity index (χ4v) is 1.69. The summed E-state index contributed by atoms with van der Waals surface area (Å²) < 4.78 is 0. The zero-order valence-corrected chi connectivity index (χ0v) is 11.5. The molecule has 20 heavy (non-hydrogen) atoms. The Morgan fingerprint density at radius 1 is 1.35 bits per heavy atom. The van der Waals surface area contributed by atoms with Gasteiger partial charge in [0, 0.05) is 12.1 Å². The second-order valence-electron chi connectivity index (χ2n) is 4.85. The number of rotatable bonds is 7. The molecule has 0 spiro atoms. The van der Waals surface area contributed by atoms with Crippen molar-refractivity contribution in [3.8, 4) is 0 Å². The van der Waals surface area contributed by atoms with Crippen LogP contribution in [0.15, 0.2) is 16.9 Å². The molecule has 2 unspecified atom stereocenters. The number of aromatic nitrogens is 2. The number of aliphatic carboxylic acids is 1. The number of carbonyl (C=O) groups is 2. The Morgan fingerprint density at radius 2 is 2.05 bits per heavy atom. The van der Waals surface area contributed by atoms with Crippen LogP contribution < -0.4 is 10.9 Å². The van der Waals surface area contributed by atoms with E-state index in [9.17, 15) is 14.4 Å². The van der Waals surface area contributed by atoms with Gasteiger partial charge in [0.05, 0.1) is 5.92 Å². The van der Waals surface area contributed by atoms with Crippen molar-refractivity contribution in [3.05, 3.63) is 28.2 Å². The van der Waals surface area contributed by atoms with Crippen molar-refractivity contribution in [2.45, 2.75) is 39.2 Å². The van der Waals surface area contributed by atoms with Crippen molar-refractivity contribution in [1.29, 1.82) is 0 Å². The van der Waals surface area contributed by atoms with Crippen LogP contribution in [0.25, 0.3) is 0 Å². The third-order valence-corrected chi connectivity index (χ3v) is 2.99. The van der Waals surface area contributed by atoms with Gasteiger partial charge >= 0.3 is 5.97 Å². The lowest BCUT2D eigenvalue weighted by atomic mass is 10.0. The summed E-state index contributed by atoms with van der Waals surface area (Å²) in [4.78, 5) is 33.3. The van der Waals surface area contributed by atoms with Gasteiger partial charge in [-0.05, 0) is 25.8 Å². The van der Waals surface area contributed by atoms with Crippen LogP contribution in [0.1, 0.15) is 43.6 Å². The van der Waals surface area contributed by atoms with E-state index in [2.05, 4.69) is 15.5 Å². The van der Waals surface area contributed by atoms with Crippen molar-refractivity contribution in [3.63, 3.8) is 0 Å². The predicted octanol–water partition coefficient (Wildman–Crippen LogP) is 0.779. The Labute approximate surface area is 116 Å². The Balaban J connectivity index is 2.36. The molecule has 0 aliphatic heterocycles. The summed E-state index contributed by atoms with van der Waals surface area (Å²) in [5, 5.41) is 17.3. The van der Waals surface area contributed by atoms with Crippen LogP contribution in [0.4, 0.5) is 0 Å². The molecule has 0 saturated carbocycles. The first-order chi connectivity index (χ1) is 9.40. The van der Waals surface area contributed by atoms with Gasteiger partial charge in [-0.2, -0.15) is 5.10 Å². The van der Waals surface area contributed by atoms with E-state index in [1.807, 2.05) is 6.92 Å². The highest BCUT2D eigenvalue weighted by Crippen LogP contribution is 2.09. The van der Waals surface area contributed by atoms with E-state index in [4.69, 9.17) is 5.11 Å². The fraction of sp³-hybridized carbons (Fsp3) is 0.538. The normalized spacial score (nSPS) is 13.5. The summed E-state index contributed by atoms with van der Waals surface area (Å²) in [5.41, 5.74) is -0.215. The second-order valence-corrected chi connectivity index (χ2v) is 4.85. The Bertz CT molecular complexity index is 506. The molecule has 7 heteroatoms. The number of carboxylic acids is 1. The van der Waals surface area contributed by atoms with Crippen LogP contribution >= 0.6 is 0 Å². The molecule has 1 aromatic heterocycles. The monoisotopic (exact) mass is 281 g/mol. The smallest absolute Gasteiger partial charge is 0.306 e. The molecule has 3 N–H and O–H groups in total. The van der Waals surface area contributed by atoms with Crippen LogP contribution in [-0.4, -0.2) is 33.2 Å². The van der Waals surface area contributed by atoms with Crippen molar-refractivity contribution < 1.29 is 14.7 Å². The maximum Gasteiger partial charge on any atom is 0.306 e. The van der Waals surface area contributed by atoms with E-state index in [1.54, 1.807) is 6.92 Å². The number of carboxylic acid groups (broad SMARTS) is 1. The number of hydrogen-bond acceptors (Lipinski definition) is 4. The quantitative estimate of drug-likeness (QED) is 0.683. The lowest BCUT2D eigenvalue weighted by Crippen LogP contribution is -2.33. The largest absolute Gasteiger partial charge is 0.481 e. The van der Waals surface area contributed by atoms with Crippen LogP contribution in [0.5, 0.6) is 0 Å². The molecule has 0 aliphatic rings. The highest BCUT2D eigenvalue weighted by molar-refractivity contribution is 5.92. The first-order valence-electron chi connectivity index (χ1n) is 6.49. The Hall–Kier alpha value is -2.18.